The Balaban J connectivity index is 2.03. The van der Waals surface area contributed by atoms with E-state index in [0.29, 0.717) is 0 Å². The molecule has 0 aliphatic heterocycles. The van der Waals surface area contributed by atoms with Gasteiger partial charge in [-0.2, -0.15) is 11.8 Å². The van der Waals surface area contributed by atoms with Crippen LogP contribution in [0.25, 0.3) is 0 Å². The highest BCUT2D eigenvalue weighted by molar-refractivity contribution is 7.98. The molecule has 0 fully saturated rings. The molecule has 0 radical (unpaired) electrons. The maximum atomic E-state index is 5.97. The van der Waals surface area contributed by atoms with Crippen LogP contribution in [-0.2, 0) is 6.42 Å². The van der Waals surface area contributed by atoms with E-state index >= 15 is 0 Å². The summed E-state index contributed by atoms with van der Waals surface area (Å²) in [6, 6.07) is 6.52. The molecule has 0 heterocycles. The Labute approximate surface area is 95.2 Å². The highest BCUT2D eigenvalue weighted by Crippen LogP contribution is 2.31. The Bertz CT molecular complexity index is 340. The molecular formula is C12H17NOS. The van der Waals surface area contributed by atoms with E-state index in [2.05, 4.69) is 18.4 Å². The van der Waals surface area contributed by atoms with Crippen LogP contribution in [0.15, 0.2) is 18.2 Å². The third-order valence-corrected chi connectivity index (χ3v) is 3.37. The summed E-state index contributed by atoms with van der Waals surface area (Å²) in [5.74, 6) is 2.02. The molecule has 1 aliphatic rings. The van der Waals surface area contributed by atoms with Crippen LogP contribution < -0.4 is 10.5 Å². The van der Waals surface area contributed by atoms with Gasteiger partial charge >= 0.3 is 0 Å². The van der Waals surface area contributed by atoms with Gasteiger partial charge in [-0.1, -0.05) is 6.07 Å². The van der Waals surface area contributed by atoms with Gasteiger partial charge in [0.15, 0.2) is 0 Å². The van der Waals surface area contributed by atoms with Gasteiger partial charge in [-0.05, 0) is 42.4 Å². The van der Waals surface area contributed by atoms with Gasteiger partial charge in [-0.3, -0.25) is 0 Å². The largest absolute Gasteiger partial charge is 0.493 e. The quantitative estimate of drug-likeness (QED) is 0.796. The summed E-state index contributed by atoms with van der Waals surface area (Å²) in [7, 11) is 0. The number of fused-ring (bicyclic) bond motifs is 1. The van der Waals surface area contributed by atoms with E-state index in [1.54, 1.807) is 11.8 Å². The first-order valence-corrected chi connectivity index (χ1v) is 6.71. The lowest BCUT2D eigenvalue weighted by atomic mass is 10.1. The number of thioether (sulfide) groups is 1. The third kappa shape index (κ3) is 2.47. The molecule has 0 spiro atoms. The summed E-state index contributed by atoms with van der Waals surface area (Å²) >= 11 is 1.80. The molecular weight excluding hydrogens is 206 g/mol. The maximum absolute atomic E-state index is 5.97. The summed E-state index contributed by atoms with van der Waals surface area (Å²) in [5.41, 5.74) is 8.64. The molecule has 1 aliphatic carbocycles. The highest BCUT2D eigenvalue weighted by Gasteiger charge is 2.18. The van der Waals surface area contributed by atoms with E-state index in [1.165, 1.54) is 11.1 Å². The molecule has 15 heavy (non-hydrogen) atoms. The van der Waals surface area contributed by atoms with Crippen molar-refractivity contribution in [1.29, 1.82) is 0 Å². The number of nitrogens with two attached hydrogens (primary N) is 1. The smallest absolute Gasteiger partial charge is 0.119 e. The number of benzene rings is 1. The molecule has 2 nitrogen and oxygen atoms in total. The van der Waals surface area contributed by atoms with Gasteiger partial charge in [0.2, 0.25) is 0 Å². The molecule has 1 aromatic rings. The van der Waals surface area contributed by atoms with Gasteiger partial charge < -0.3 is 10.5 Å². The fourth-order valence-corrected chi connectivity index (χ4v) is 2.21. The fourth-order valence-electron chi connectivity index (χ4n) is 1.96. The lowest BCUT2D eigenvalue weighted by molar-refractivity contribution is 0.343. The van der Waals surface area contributed by atoms with Crippen LogP contribution in [-0.4, -0.2) is 18.6 Å². The number of ether oxygens (including phenoxy) is 1. The lowest BCUT2D eigenvalue weighted by Gasteiger charge is -2.08. The molecule has 82 valence electrons. The first-order chi connectivity index (χ1) is 7.31. The van der Waals surface area contributed by atoms with Crippen LogP contribution in [0.1, 0.15) is 23.6 Å². The number of rotatable bonds is 4. The average molecular weight is 223 g/mol. The zero-order chi connectivity index (χ0) is 10.7. The zero-order valence-corrected chi connectivity index (χ0v) is 9.85. The van der Waals surface area contributed by atoms with Crippen molar-refractivity contribution in [2.24, 2.45) is 5.73 Å². The first-order valence-electron chi connectivity index (χ1n) is 5.31. The SMILES string of the molecule is CSCCOc1ccc2c(c1)CC[C@H]2N. The number of aryl methyl sites for hydroxylation is 1. The second-order valence-corrected chi connectivity index (χ2v) is 4.83. The van der Waals surface area contributed by atoms with Crippen molar-refractivity contribution in [1.82, 2.24) is 0 Å². The van der Waals surface area contributed by atoms with Crippen LogP contribution in [0.4, 0.5) is 0 Å². The van der Waals surface area contributed by atoms with E-state index in [1.807, 2.05) is 6.07 Å². The minimum absolute atomic E-state index is 0.236. The molecule has 3 heteroatoms. The van der Waals surface area contributed by atoms with Gasteiger partial charge in [0.25, 0.3) is 0 Å². The summed E-state index contributed by atoms with van der Waals surface area (Å²) in [6.45, 7) is 0.784. The minimum atomic E-state index is 0.236. The Kier molecular flexibility index (Phi) is 3.54. The molecule has 0 saturated heterocycles. The maximum Gasteiger partial charge on any atom is 0.119 e. The van der Waals surface area contributed by atoms with Crippen LogP contribution >= 0.6 is 11.8 Å². The van der Waals surface area contributed by atoms with Gasteiger partial charge in [0.05, 0.1) is 6.61 Å². The van der Waals surface area contributed by atoms with Crippen molar-refractivity contribution in [3.05, 3.63) is 29.3 Å². The van der Waals surface area contributed by atoms with Crippen molar-refractivity contribution in [3.63, 3.8) is 0 Å². The summed E-state index contributed by atoms with van der Waals surface area (Å²) in [5, 5.41) is 0. The van der Waals surface area contributed by atoms with E-state index < -0.39 is 0 Å². The van der Waals surface area contributed by atoms with Gasteiger partial charge in [-0.25, -0.2) is 0 Å². The van der Waals surface area contributed by atoms with E-state index in [4.69, 9.17) is 10.5 Å². The van der Waals surface area contributed by atoms with Crippen molar-refractivity contribution in [2.75, 3.05) is 18.6 Å². The molecule has 0 bridgehead atoms. The Morgan fingerprint density at radius 1 is 1.53 bits per heavy atom. The van der Waals surface area contributed by atoms with Crippen molar-refractivity contribution < 1.29 is 4.74 Å². The van der Waals surface area contributed by atoms with Crippen LogP contribution in [0.2, 0.25) is 0 Å². The summed E-state index contributed by atoms with van der Waals surface area (Å²) in [6.07, 6.45) is 4.25. The average Bonchev–Trinajstić information content (AvgIpc) is 2.61. The lowest BCUT2D eigenvalue weighted by Crippen LogP contribution is -2.05. The predicted octanol–water partition coefficient (Wildman–Crippen LogP) is 2.37. The van der Waals surface area contributed by atoms with E-state index in [9.17, 15) is 0 Å². The van der Waals surface area contributed by atoms with Crippen molar-refractivity contribution in [3.8, 4) is 5.75 Å². The molecule has 0 saturated carbocycles. The Hall–Kier alpha value is -0.670. The monoisotopic (exact) mass is 223 g/mol. The first kappa shape index (κ1) is 10.8. The molecule has 2 N–H and O–H groups in total. The summed E-state index contributed by atoms with van der Waals surface area (Å²) in [4.78, 5) is 0. The van der Waals surface area contributed by atoms with Gasteiger partial charge in [0, 0.05) is 11.8 Å². The third-order valence-electron chi connectivity index (χ3n) is 2.79. The molecule has 0 aromatic heterocycles. The number of hydrogen-bond donors (Lipinski definition) is 1. The molecule has 0 unspecified atom stereocenters. The highest BCUT2D eigenvalue weighted by atomic mass is 32.2. The van der Waals surface area contributed by atoms with Crippen molar-refractivity contribution in [2.45, 2.75) is 18.9 Å². The second-order valence-electron chi connectivity index (χ2n) is 3.85. The minimum Gasteiger partial charge on any atom is -0.493 e. The normalized spacial score (nSPS) is 18.9. The van der Waals surface area contributed by atoms with E-state index in [0.717, 1.165) is 31.0 Å². The number of hydrogen-bond acceptors (Lipinski definition) is 3. The molecule has 2 rings (SSSR count). The topological polar surface area (TPSA) is 35.2 Å². The molecule has 1 aromatic carbocycles. The fraction of sp³-hybridized carbons (Fsp3) is 0.500. The predicted molar refractivity (Wildman–Crippen MR) is 65.6 cm³/mol. The van der Waals surface area contributed by atoms with Crippen LogP contribution in [0.5, 0.6) is 5.75 Å². The second kappa shape index (κ2) is 4.90. The Morgan fingerprint density at radius 3 is 3.20 bits per heavy atom. The standard InChI is InChI=1S/C12H17NOS/c1-15-7-6-14-10-3-4-11-9(8-10)2-5-12(11)13/h3-4,8,12H,2,5-7,13H2,1H3/t12-/m1/s1. The molecule has 0 amide bonds. The Morgan fingerprint density at radius 2 is 2.40 bits per heavy atom. The van der Waals surface area contributed by atoms with Crippen LogP contribution in [0, 0.1) is 0 Å². The van der Waals surface area contributed by atoms with Gasteiger partial charge in [-0.15, -0.1) is 0 Å². The molecule has 1 atom stereocenters. The van der Waals surface area contributed by atoms with Gasteiger partial charge in [0.1, 0.15) is 5.75 Å². The van der Waals surface area contributed by atoms with Crippen molar-refractivity contribution >= 4 is 11.8 Å². The zero-order valence-electron chi connectivity index (χ0n) is 9.03. The van der Waals surface area contributed by atoms with E-state index in [-0.39, 0.29) is 6.04 Å². The van der Waals surface area contributed by atoms with Crippen LogP contribution in [0.3, 0.4) is 0 Å². The summed E-state index contributed by atoms with van der Waals surface area (Å²) < 4.78 is 5.65.